The van der Waals surface area contributed by atoms with Crippen LogP contribution in [0.1, 0.15) is 36.0 Å². The summed E-state index contributed by atoms with van der Waals surface area (Å²) in [5, 5.41) is 6.87. The van der Waals surface area contributed by atoms with Gasteiger partial charge in [0.2, 0.25) is 0 Å². The number of aryl methyl sites for hydroxylation is 1. The Morgan fingerprint density at radius 1 is 1.20 bits per heavy atom. The highest BCUT2D eigenvalue weighted by Crippen LogP contribution is 2.19. The molecule has 5 nitrogen and oxygen atoms in total. The summed E-state index contributed by atoms with van der Waals surface area (Å²) in [5.41, 5.74) is 4.29. The molecule has 0 spiro atoms. The summed E-state index contributed by atoms with van der Waals surface area (Å²) in [6.07, 6.45) is 0. The van der Waals surface area contributed by atoms with E-state index < -0.39 is 0 Å². The van der Waals surface area contributed by atoms with Crippen LogP contribution in [0.4, 0.5) is 0 Å². The number of likely N-dealkylation sites (N-methyl/N-ethyl adjacent to an activating group) is 1. The molecule has 0 amide bonds. The first-order chi connectivity index (χ1) is 12.2. The maximum atomic E-state index is 4.35. The predicted molar refractivity (Wildman–Crippen MR) is 107 cm³/mol. The lowest BCUT2D eigenvalue weighted by Gasteiger charge is -2.30. The molecule has 25 heavy (non-hydrogen) atoms. The van der Waals surface area contributed by atoms with Gasteiger partial charge >= 0.3 is 0 Å². The molecular formula is C19H29N5S. The lowest BCUT2D eigenvalue weighted by Crippen LogP contribution is -2.43. The van der Waals surface area contributed by atoms with Gasteiger partial charge in [0.05, 0.1) is 23.8 Å². The molecule has 6 heteroatoms. The minimum atomic E-state index is 0.319. The van der Waals surface area contributed by atoms with Gasteiger partial charge in [-0.05, 0) is 25.6 Å². The third kappa shape index (κ3) is 5.54. The van der Waals surface area contributed by atoms with E-state index in [0.717, 1.165) is 37.8 Å². The van der Waals surface area contributed by atoms with Gasteiger partial charge in [0, 0.05) is 18.5 Å². The number of thiazole rings is 1. The van der Waals surface area contributed by atoms with Crippen LogP contribution in [0.15, 0.2) is 40.8 Å². The lowest BCUT2D eigenvalue weighted by atomic mass is 10.1. The molecule has 0 fully saturated rings. The average Bonchev–Trinajstić information content (AvgIpc) is 3.06. The number of aromatic nitrogens is 1. The van der Waals surface area contributed by atoms with Crippen LogP contribution in [0.2, 0.25) is 0 Å². The summed E-state index contributed by atoms with van der Waals surface area (Å²) in [5.74, 6) is 0.820. The molecule has 1 atom stereocenters. The van der Waals surface area contributed by atoms with Gasteiger partial charge in [-0.3, -0.25) is 9.89 Å². The molecule has 0 aliphatic carbocycles. The Morgan fingerprint density at radius 3 is 2.48 bits per heavy atom. The second kappa shape index (κ2) is 10.2. The van der Waals surface area contributed by atoms with Gasteiger partial charge in [-0.25, -0.2) is 4.98 Å². The van der Waals surface area contributed by atoms with Gasteiger partial charge in [-0.1, -0.05) is 44.2 Å². The standard InChI is InChI=1S/C19H29N5S/c1-5-24(6-2)17(16-10-8-7-9-11-16)12-21-19(20-4)22-13-18-15(3)23-14-25-18/h7-11,14,17H,5-6,12-13H2,1-4H3,(H2,20,21,22). The first kappa shape index (κ1) is 19.4. The van der Waals surface area contributed by atoms with Crippen molar-refractivity contribution in [2.45, 2.75) is 33.4 Å². The number of hydrogen-bond donors (Lipinski definition) is 2. The molecule has 0 aliphatic heterocycles. The van der Waals surface area contributed by atoms with Crippen molar-refractivity contribution < 1.29 is 0 Å². The Bertz CT molecular complexity index is 649. The lowest BCUT2D eigenvalue weighted by molar-refractivity contribution is 0.219. The Balaban J connectivity index is 1.99. The van der Waals surface area contributed by atoms with E-state index in [4.69, 9.17) is 0 Å². The van der Waals surface area contributed by atoms with Crippen LogP contribution >= 0.6 is 11.3 Å². The molecule has 0 saturated carbocycles. The molecule has 0 radical (unpaired) electrons. The van der Waals surface area contributed by atoms with Crippen molar-refractivity contribution in [3.05, 3.63) is 52.0 Å². The number of nitrogens with zero attached hydrogens (tertiary/aromatic N) is 3. The number of guanidine groups is 1. The first-order valence-corrected chi connectivity index (χ1v) is 9.70. The van der Waals surface area contributed by atoms with Crippen molar-refractivity contribution in [3.63, 3.8) is 0 Å². The smallest absolute Gasteiger partial charge is 0.191 e. The fourth-order valence-electron chi connectivity index (χ4n) is 2.87. The molecule has 0 aliphatic rings. The fourth-order valence-corrected chi connectivity index (χ4v) is 3.59. The van der Waals surface area contributed by atoms with Crippen molar-refractivity contribution in [1.82, 2.24) is 20.5 Å². The van der Waals surface area contributed by atoms with E-state index in [2.05, 4.69) is 69.7 Å². The number of benzene rings is 1. The minimum Gasteiger partial charge on any atom is -0.354 e. The highest BCUT2D eigenvalue weighted by molar-refractivity contribution is 7.09. The minimum absolute atomic E-state index is 0.319. The average molecular weight is 360 g/mol. The number of rotatable bonds is 8. The molecule has 2 rings (SSSR count). The van der Waals surface area contributed by atoms with E-state index in [1.165, 1.54) is 10.4 Å². The number of hydrogen-bond acceptors (Lipinski definition) is 4. The predicted octanol–water partition coefficient (Wildman–Crippen LogP) is 3.20. The largest absolute Gasteiger partial charge is 0.354 e. The van der Waals surface area contributed by atoms with Crippen LogP contribution in [0.3, 0.4) is 0 Å². The van der Waals surface area contributed by atoms with E-state index in [-0.39, 0.29) is 0 Å². The highest BCUT2D eigenvalue weighted by atomic mass is 32.1. The second-order valence-corrected chi connectivity index (χ2v) is 6.75. The normalized spacial score (nSPS) is 13.1. The van der Waals surface area contributed by atoms with Crippen molar-refractivity contribution in [1.29, 1.82) is 0 Å². The SMILES string of the molecule is CCN(CC)C(CNC(=NC)NCc1scnc1C)c1ccccc1. The number of aliphatic imine (C=N–C) groups is 1. The summed E-state index contributed by atoms with van der Waals surface area (Å²) >= 11 is 1.67. The van der Waals surface area contributed by atoms with Crippen LogP contribution in [0, 0.1) is 6.92 Å². The van der Waals surface area contributed by atoms with Crippen LogP contribution in [-0.4, -0.2) is 42.5 Å². The summed E-state index contributed by atoms with van der Waals surface area (Å²) < 4.78 is 0. The van der Waals surface area contributed by atoms with Gasteiger partial charge in [-0.2, -0.15) is 0 Å². The third-order valence-electron chi connectivity index (χ3n) is 4.39. The first-order valence-electron chi connectivity index (χ1n) is 8.82. The second-order valence-electron chi connectivity index (χ2n) is 5.82. The number of nitrogens with one attached hydrogen (secondary N) is 2. The Labute approximate surface area is 155 Å². The third-order valence-corrected chi connectivity index (χ3v) is 5.32. The van der Waals surface area contributed by atoms with Crippen LogP contribution in [-0.2, 0) is 6.54 Å². The van der Waals surface area contributed by atoms with Crippen LogP contribution in [0.25, 0.3) is 0 Å². The zero-order valence-corrected chi connectivity index (χ0v) is 16.4. The molecule has 2 aromatic rings. The Kier molecular flexibility index (Phi) is 7.88. The quantitative estimate of drug-likeness (QED) is 0.561. The van der Waals surface area contributed by atoms with Gasteiger partial charge in [-0.15, -0.1) is 11.3 Å². The van der Waals surface area contributed by atoms with Gasteiger partial charge in [0.15, 0.2) is 5.96 Å². The molecule has 1 unspecified atom stereocenters. The molecule has 1 aromatic heterocycles. The van der Waals surface area contributed by atoms with E-state index in [1.807, 2.05) is 19.5 Å². The zero-order valence-electron chi connectivity index (χ0n) is 15.6. The topological polar surface area (TPSA) is 52.5 Å². The summed E-state index contributed by atoms with van der Waals surface area (Å²) in [6.45, 7) is 10.0. The summed E-state index contributed by atoms with van der Waals surface area (Å²) in [7, 11) is 1.81. The Hall–Kier alpha value is -1.92. The van der Waals surface area contributed by atoms with E-state index in [0.29, 0.717) is 6.04 Å². The van der Waals surface area contributed by atoms with Crippen molar-refractivity contribution in [3.8, 4) is 0 Å². The van der Waals surface area contributed by atoms with Crippen LogP contribution in [0.5, 0.6) is 0 Å². The van der Waals surface area contributed by atoms with Crippen molar-refractivity contribution in [2.24, 2.45) is 4.99 Å². The maximum Gasteiger partial charge on any atom is 0.191 e. The molecule has 0 bridgehead atoms. The molecule has 2 N–H and O–H groups in total. The monoisotopic (exact) mass is 359 g/mol. The van der Waals surface area contributed by atoms with Crippen molar-refractivity contribution in [2.75, 3.05) is 26.7 Å². The maximum absolute atomic E-state index is 4.35. The molecule has 136 valence electrons. The summed E-state index contributed by atoms with van der Waals surface area (Å²) in [4.78, 5) is 12.3. The highest BCUT2D eigenvalue weighted by Gasteiger charge is 2.18. The Morgan fingerprint density at radius 2 is 1.92 bits per heavy atom. The molecule has 1 heterocycles. The van der Waals surface area contributed by atoms with Crippen LogP contribution < -0.4 is 10.6 Å². The zero-order chi connectivity index (χ0) is 18.1. The van der Waals surface area contributed by atoms with Gasteiger partial charge in [0.25, 0.3) is 0 Å². The molecular weight excluding hydrogens is 330 g/mol. The molecule has 0 saturated heterocycles. The van der Waals surface area contributed by atoms with Crippen molar-refractivity contribution >= 4 is 17.3 Å². The van der Waals surface area contributed by atoms with E-state index >= 15 is 0 Å². The fraction of sp³-hybridized carbons (Fsp3) is 0.474. The molecule has 1 aromatic carbocycles. The van der Waals surface area contributed by atoms with E-state index in [9.17, 15) is 0 Å². The van der Waals surface area contributed by atoms with Gasteiger partial charge in [0.1, 0.15) is 0 Å². The van der Waals surface area contributed by atoms with E-state index in [1.54, 1.807) is 11.3 Å². The van der Waals surface area contributed by atoms with Gasteiger partial charge < -0.3 is 10.6 Å². The summed E-state index contributed by atoms with van der Waals surface area (Å²) in [6, 6.07) is 11.0.